The molecule has 4 nitrogen and oxygen atoms in total. The predicted molar refractivity (Wildman–Crippen MR) is 45.0 cm³/mol. The van der Waals surface area contributed by atoms with Gasteiger partial charge in [0.15, 0.2) is 0 Å². The summed E-state index contributed by atoms with van der Waals surface area (Å²) in [7, 11) is 1.30. The highest BCUT2D eigenvalue weighted by molar-refractivity contribution is 6.92. The number of hydrogen-bond acceptors (Lipinski definition) is 4. The number of esters is 1. The summed E-state index contributed by atoms with van der Waals surface area (Å²) in [4.78, 5) is 21.8. The van der Waals surface area contributed by atoms with Crippen LogP contribution in [0.25, 0.3) is 0 Å². The van der Waals surface area contributed by atoms with Crippen LogP contribution in [0, 0.1) is 0 Å². The fourth-order valence-electron chi connectivity index (χ4n) is 1.48. The number of carbonyl (C=O) groups excluding carboxylic acids is 2. The van der Waals surface area contributed by atoms with Gasteiger partial charge in [0.05, 0.1) is 12.8 Å². The first-order valence-corrected chi connectivity index (χ1v) is 3.87. The van der Waals surface area contributed by atoms with Crippen molar-refractivity contribution in [3.8, 4) is 0 Å². The smallest absolute Gasteiger partial charge is 0.324 e. The van der Waals surface area contributed by atoms with E-state index in [9.17, 15) is 9.59 Å². The van der Waals surface area contributed by atoms with Crippen LogP contribution in [-0.4, -0.2) is 31.0 Å². The molecule has 0 unspecified atom stereocenters. The molecule has 1 fully saturated rings. The van der Waals surface area contributed by atoms with Crippen molar-refractivity contribution in [1.29, 1.82) is 0 Å². The quantitative estimate of drug-likeness (QED) is 0.446. The summed E-state index contributed by atoms with van der Waals surface area (Å²) in [5.41, 5.74) is 4.86. The summed E-state index contributed by atoms with van der Waals surface area (Å²) in [6.07, 6.45) is 0.851. The summed E-state index contributed by atoms with van der Waals surface area (Å²) in [5, 5.41) is 0. The molecule has 2 N–H and O–H groups in total. The number of ether oxygens (including phenoxy) is 1. The lowest BCUT2D eigenvalue weighted by Crippen LogP contribution is -2.63. The van der Waals surface area contributed by atoms with Crippen LogP contribution >= 0.6 is 0 Å². The van der Waals surface area contributed by atoms with E-state index in [1.54, 1.807) is 0 Å². The van der Waals surface area contributed by atoms with Gasteiger partial charge in [-0.1, -0.05) is 0 Å². The summed E-state index contributed by atoms with van der Waals surface area (Å²) in [6.45, 7) is 1.47. The lowest BCUT2D eigenvalue weighted by Gasteiger charge is -2.38. The highest BCUT2D eigenvalue weighted by atomic mass is 16.5. The van der Waals surface area contributed by atoms with Gasteiger partial charge in [-0.25, -0.2) is 0 Å². The number of nitrogens with two attached hydrogens (primary N) is 1. The highest BCUT2D eigenvalue weighted by Crippen LogP contribution is 2.32. The number of hydrogen-bond donors (Lipinski definition) is 1. The molecule has 1 heterocycles. The first-order valence-electron chi connectivity index (χ1n) is 3.87. The zero-order valence-electron chi connectivity index (χ0n) is 7.29. The van der Waals surface area contributed by atoms with E-state index in [-0.39, 0.29) is 12.4 Å². The maximum Gasteiger partial charge on any atom is 0.324 e. The Morgan fingerprint density at radius 1 is 1.50 bits per heavy atom. The van der Waals surface area contributed by atoms with Gasteiger partial charge in [0.2, 0.25) is 6.71 Å². The minimum absolute atomic E-state index is 0.0471. The van der Waals surface area contributed by atoms with E-state index < -0.39 is 11.5 Å². The molecule has 1 rings (SSSR count). The Kier molecular flexibility index (Phi) is 2.23. The zero-order valence-corrected chi connectivity index (χ0v) is 7.29. The van der Waals surface area contributed by atoms with E-state index in [0.717, 1.165) is 0 Å². The summed E-state index contributed by atoms with van der Waals surface area (Å²) >= 11 is 0. The lowest BCUT2D eigenvalue weighted by molar-refractivity contribution is -0.146. The fourth-order valence-corrected chi connectivity index (χ4v) is 1.48. The number of carbonyl (C=O) groups is 2. The van der Waals surface area contributed by atoms with Crippen LogP contribution in [0.1, 0.15) is 6.92 Å². The Morgan fingerprint density at radius 3 is 2.33 bits per heavy atom. The van der Waals surface area contributed by atoms with Crippen molar-refractivity contribution in [2.24, 2.45) is 5.73 Å². The maximum absolute atomic E-state index is 11.0. The van der Waals surface area contributed by atoms with Gasteiger partial charge in [-0.3, -0.25) is 4.79 Å². The monoisotopic (exact) mass is 169 g/mol. The van der Waals surface area contributed by atoms with Crippen molar-refractivity contribution >= 4 is 18.4 Å². The van der Waals surface area contributed by atoms with E-state index in [1.165, 1.54) is 14.0 Å². The molecule has 0 spiro atoms. The Hall–Kier alpha value is -0.835. The van der Waals surface area contributed by atoms with E-state index in [2.05, 4.69) is 4.74 Å². The van der Waals surface area contributed by atoms with Crippen LogP contribution in [0.2, 0.25) is 12.6 Å². The maximum atomic E-state index is 11.0. The van der Waals surface area contributed by atoms with Crippen molar-refractivity contribution in [2.75, 3.05) is 7.11 Å². The summed E-state index contributed by atoms with van der Waals surface area (Å²) in [6, 6.07) is 0. The van der Waals surface area contributed by atoms with Gasteiger partial charge in [0, 0.05) is 0 Å². The Bertz CT molecular complexity index is 223. The highest BCUT2D eigenvalue weighted by Gasteiger charge is 2.51. The lowest BCUT2D eigenvalue weighted by atomic mass is 9.27. The largest absolute Gasteiger partial charge is 0.468 e. The minimum atomic E-state index is -0.898. The van der Waals surface area contributed by atoms with Gasteiger partial charge < -0.3 is 15.3 Å². The average Bonchev–Trinajstić information content (AvgIpc) is 1.96. The molecule has 0 bridgehead atoms. The van der Waals surface area contributed by atoms with Crippen molar-refractivity contribution in [3.05, 3.63) is 0 Å². The normalized spacial score (nSPS) is 19.8. The first-order chi connectivity index (χ1) is 5.49. The van der Waals surface area contributed by atoms with E-state index in [0.29, 0.717) is 12.6 Å². The molecule has 0 aromatic heterocycles. The molecule has 0 aromatic carbocycles. The molecular weight excluding hydrogens is 157 g/mol. The predicted octanol–water partition coefficient (Wildman–Crippen LogP) is -0.507. The van der Waals surface area contributed by atoms with Gasteiger partial charge >= 0.3 is 5.97 Å². The summed E-state index contributed by atoms with van der Waals surface area (Å²) < 4.78 is 4.51. The molecule has 12 heavy (non-hydrogen) atoms. The molecule has 1 aliphatic heterocycles. The molecule has 66 valence electrons. The fraction of sp³-hybridized carbons (Fsp3) is 0.714. The third kappa shape index (κ3) is 1.36. The third-order valence-corrected chi connectivity index (χ3v) is 2.39. The molecule has 1 saturated heterocycles. The Labute approximate surface area is 71.5 Å². The number of methoxy groups -OCH3 is 1. The second-order valence-electron chi connectivity index (χ2n) is 3.36. The van der Waals surface area contributed by atoms with Crippen LogP contribution in [0.15, 0.2) is 0 Å². The molecule has 0 radical (unpaired) electrons. The second kappa shape index (κ2) is 2.90. The van der Waals surface area contributed by atoms with E-state index >= 15 is 0 Å². The first kappa shape index (κ1) is 9.25. The molecule has 0 saturated carbocycles. The molecule has 0 aliphatic carbocycles. The van der Waals surface area contributed by atoms with E-state index in [4.69, 9.17) is 5.73 Å². The molecule has 5 heteroatoms. The van der Waals surface area contributed by atoms with Crippen molar-refractivity contribution in [2.45, 2.75) is 25.1 Å². The van der Waals surface area contributed by atoms with Crippen LogP contribution in [0.5, 0.6) is 0 Å². The van der Waals surface area contributed by atoms with Crippen LogP contribution in [0.4, 0.5) is 0 Å². The molecule has 0 amide bonds. The van der Waals surface area contributed by atoms with Gasteiger partial charge in [0.25, 0.3) is 0 Å². The van der Waals surface area contributed by atoms with Gasteiger partial charge in [-0.15, -0.1) is 0 Å². The molecule has 0 aromatic rings. The van der Waals surface area contributed by atoms with Gasteiger partial charge in [-0.05, 0) is 19.6 Å². The van der Waals surface area contributed by atoms with Gasteiger partial charge in [-0.2, -0.15) is 0 Å². The number of rotatable bonds is 2. The van der Waals surface area contributed by atoms with Crippen LogP contribution in [-0.2, 0) is 14.3 Å². The van der Waals surface area contributed by atoms with Crippen molar-refractivity contribution < 1.29 is 14.3 Å². The zero-order chi connectivity index (χ0) is 9.35. The SMILES string of the molecule is COC(=O)C1(N)CB(C(C)=O)C1. The van der Waals surface area contributed by atoms with E-state index in [1.807, 2.05) is 0 Å². The Balaban J connectivity index is 2.50. The summed E-state index contributed by atoms with van der Waals surface area (Å²) in [5.74, 6) is -0.417. The van der Waals surface area contributed by atoms with Crippen LogP contribution < -0.4 is 5.73 Å². The average molecular weight is 169 g/mol. The van der Waals surface area contributed by atoms with Crippen LogP contribution in [0.3, 0.4) is 0 Å². The Morgan fingerprint density at radius 2 is 2.00 bits per heavy atom. The van der Waals surface area contributed by atoms with Crippen molar-refractivity contribution in [1.82, 2.24) is 0 Å². The molecule has 1 aliphatic rings. The van der Waals surface area contributed by atoms with Gasteiger partial charge in [0.1, 0.15) is 5.54 Å². The molecular formula is C7H12BNO3. The molecule has 0 atom stereocenters. The van der Waals surface area contributed by atoms with Crippen molar-refractivity contribution in [3.63, 3.8) is 0 Å². The third-order valence-electron chi connectivity index (χ3n) is 2.39. The topological polar surface area (TPSA) is 69.4 Å². The standard InChI is InChI=1S/C7H12BNO3/c1-5(10)8-3-7(9,4-8)6(11)12-2/h3-4,9H2,1-2H3. The minimum Gasteiger partial charge on any atom is -0.468 e. The second-order valence-corrected chi connectivity index (χ2v) is 3.36.